The molecule has 1 rings (SSSR count). The molecule has 5 nitrogen and oxygen atoms in total. The fourth-order valence-electron chi connectivity index (χ4n) is 1.47. The lowest BCUT2D eigenvalue weighted by atomic mass is 9.85. The summed E-state index contributed by atoms with van der Waals surface area (Å²) in [6.45, 7) is 7.20. The van der Waals surface area contributed by atoms with Crippen molar-refractivity contribution >= 4 is 11.8 Å². The predicted octanol–water partition coefficient (Wildman–Crippen LogP) is 2.23. The van der Waals surface area contributed by atoms with Gasteiger partial charge in [-0.3, -0.25) is 4.79 Å². The molecule has 0 saturated heterocycles. The summed E-state index contributed by atoms with van der Waals surface area (Å²) in [5.74, 6) is -1.44. The maximum atomic E-state index is 13.8. The predicted molar refractivity (Wildman–Crippen MR) is 65.8 cm³/mol. The second-order valence-corrected chi connectivity index (χ2v) is 5.28. The Kier molecular flexibility index (Phi) is 4.21. The number of hydrogen-bond donors (Lipinski definition) is 2. The van der Waals surface area contributed by atoms with Gasteiger partial charge in [0.25, 0.3) is 0 Å². The van der Waals surface area contributed by atoms with Crippen molar-refractivity contribution < 1.29 is 14.3 Å². The number of carboxylic acid groups (broad SMARTS) is 1. The number of carboxylic acids is 1. The zero-order valence-electron chi connectivity index (χ0n) is 11.0. The van der Waals surface area contributed by atoms with E-state index in [9.17, 15) is 9.18 Å². The largest absolute Gasteiger partial charge is 0.481 e. The summed E-state index contributed by atoms with van der Waals surface area (Å²) in [4.78, 5) is 18.4. The monoisotopic (exact) mass is 255 g/mol. The van der Waals surface area contributed by atoms with Crippen molar-refractivity contribution in [1.29, 1.82) is 0 Å². The molecule has 2 N–H and O–H groups in total. The first kappa shape index (κ1) is 14.3. The van der Waals surface area contributed by atoms with Crippen LogP contribution in [0.2, 0.25) is 0 Å². The third kappa shape index (κ3) is 3.65. The average Bonchev–Trinajstić information content (AvgIpc) is 2.21. The lowest BCUT2D eigenvalue weighted by molar-refractivity contribution is -0.137. The fourth-order valence-corrected chi connectivity index (χ4v) is 1.47. The van der Waals surface area contributed by atoms with Gasteiger partial charge in [-0.05, 0) is 12.3 Å². The highest BCUT2D eigenvalue weighted by Crippen LogP contribution is 2.26. The Morgan fingerprint density at radius 2 is 2.11 bits per heavy atom. The number of anilines is 1. The van der Waals surface area contributed by atoms with E-state index in [-0.39, 0.29) is 23.3 Å². The van der Waals surface area contributed by atoms with Crippen LogP contribution in [0.25, 0.3) is 0 Å². The summed E-state index contributed by atoms with van der Waals surface area (Å²) in [6.07, 6.45) is 1.15. The number of hydrogen-bond acceptors (Lipinski definition) is 4. The molecule has 0 aliphatic rings. The van der Waals surface area contributed by atoms with Gasteiger partial charge in [0.15, 0.2) is 11.6 Å². The molecule has 0 saturated carbocycles. The first-order valence-electron chi connectivity index (χ1n) is 5.67. The van der Waals surface area contributed by atoms with E-state index in [4.69, 9.17) is 5.11 Å². The summed E-state index contributed by atoms with van der Waals surface area (Å²) < 4.78 is 13.8. The van der Waals surface area contributed by atoms with Crippen LogP contribution >= 0.6 is 0 Å². The number of nitrogens with one attached hydrogen (secondary N) is 1. The molecule has 0 amide bonds. The van der Waals surface area contributed by atoms with Crippen molar-refractivity contribution in [3.8, 4) is 0 Å². The fraction of sp³-hybridized carbons (Fsp3) is 0.583. The first-order chi connectivity index (χ1) is 8.21. The second kappa shape index (κ2) is 5.29. The maximum Gasteiger partial charge on any atom is 0.305 e. The van der Waals surface area contributed by atoms with Gasteiger partial charge in [0, 0.05) is 6.04 Å². The highest BCUT2D eigenvalue weighted by atomic mass is 19.1. The van der Waals surface area contributed by atoms with E-state index in [0.717, 1.165) is 0 Å². The number of aromatic nitrogens is 2. The molecule has 0 aromatic carbocycles. The van der Waals surface area contributed by atoms with Crippen molar-refractivity contribution in [3.63, 3.8) is 0 Å². The molecular formula is C12H18FN3O2. The van der Waals surface area contributed by atoms with Gasteiger partial charge in [-0.15, -0.1) is 0 Å². The second-order valence-electron chi connectivity index (χ2n) is 5.28. The molecular weight excluding hydrogens is 237 g/mol. The van der Waals surface area contributed by atoms with Crippen LogP contribution < -0.4 is 5.32 Å². The molecule has 0 bridgehead atoms. The Balaban J connectivity index is 2.96. The van der Waals surface area contributed by atoms with E-state index < -0.39 is 17.8 Å². The van der Waals surface area contributed by atoms with Crippen molar-refractivity contribution in [2.75, 3.05) is 5.32 Å². The minimum atomic E-state index is -0.936. The highest BCUT2D eigenvalue weighted by Gasteiger charge is 2.28. The molecule has 0 aliphatic heterocycles. The highest BCUT2D eigenvalue weighted by molar-refractivity contribution is 5.68. The Hall–Kier alpha value is -1.72. The van der Waals surface area contributed by atoms with Crippen LogP contribution in [0.4, 0.5) is 10.2 Å². The van der Waals surface area contributed by atoms with Crippen molar-refractivity contribution in [2.24, 2.45) is 5.41 Å². The SMILES string of the molecule is Cc1ncnc(NC(CC(=O)O)C(C)(C)C)c1F. The van der Waals surface area contributed by atoms with Crippen LogP contribution in [0.5, 0.6) is 0 Å². The van der Waals surface area contributed by atoms with Crippen molar-refractivity contribution in [1.82, 2.24) is 9.97 Å². The topological polar surface area (TPSA) is 75.1 Å². The zero-order chi connectivity index (χ0) is 13.9. The normalized spacial score (nSPS) is 13.2. The van der Waals surface area contributed by atoms with E-state index in [1.165, 1.54) is 13.3 Å². The number of halogens is 1. The number of aryl methyl sites for hydroxylation is 1. The number of nitrogens with zero attached hydrogens (tertiary/aromatic N) is 2. The van der Waals surface area contributed by atoms with Gasteiger partial charge in [-0.2, -0.15) is 0 Å². The summed E-state index contributed by atoms with van der Waals surface area (Å²) >= 11 is 0. The van der Waals surface area contributed by atoms with Crippen LogP contribution in [0.3, 0.4) is 0 Å². The van der Waals surface area contributed by atoms with E-state index >= 15 is 0 Å². The van der Waals surface area contributed by atoms with Crippen molar-refractivity contribution in [2.45, 2.75) is 40.2 Å². The first-order valence-corrected chi connectivity index (χ1v) is 5.67. The number of carbonyl (C=O) groups is 1. The molecule has 1 aromatic rings. The van der Waals surface area contributed by atoms with Gasteiger partial charge < -0.3 is 10.4 Å². The summed E-state index contributed by atoms with van der Waals surface area (Å²) in [5.41, 5.74) is -0.0977. The third-order valence-electron chi connectivity index (χ3n) is 2.70. The number of rotatable bonds is 4. The Morgan fingerprint density at radius 3 is 2.61 bits per heavy atom. The third-order valence-corrected chi connectivity index (χ3v) is 2.70. The Bertz CT molecular complexity index is 443. The van der Waals surface area contributed by atoms with Gasteiger partial charge >= 0.3 is 5.97 Å². The maximum absolute atomic E-state index is 13.8. The van der Waals surface area contributed by atoms with Crippen LogP contribution in [0, 0.1) is 18.2 Å². The summed E-state index contributed by atoms with van der Waals surface area (Å²) in [7, 11) is 0. The molecule has 0 fully saturated rings. The quantitative estimate of drug-likeness (QED) is 0.862. The molecule has 1 atom stereocenters. The van der Waals surface area contributed by atoms with Crippen LogP contribution in [-0.2, 0) is 4.79 Å². The van der Waals surface area contributed by atoms with Gasteiger partial charge in [0.05, 0.1) is 12.1 Å². The zero-order valence-corrected chi connectivity index (χ0v) is 11.0. The average molecular weight is 255 g/mol. The molecule has 18 heavy (non-hydrogen) atoms. The van der Waals surface area contributed by atoms with Gasteiger partial charge in [-0.1, -0.05) is 20.8 Å². The van der Waals surface area contributed by atoms with Gasteiger partial charge in [0.1, 0.15) is 6.33 Å². The molecule has 1 aromatic heterocycles. The van der Waals surface area contributed by atoms with Gasteiger partial charge in [0.2, 0.25) is 0 Å². The van der Waals surface area contributed by atoms with E-state index in [1.54, 1.807) is 0 Å². The Morgan fingerprint density at radius 1 is 1.50 bits per heavy atom. The minimum absolute atomic E-state index is 0.0451. The van der Waals surface area contributed by atoms with E-state index in [2.05, 4.69) is 15.3 Å². The molecule has 1 unspecified atom stereocenters. The van der Waals surface area contributed by atoms with Crippen LogP contribution in [0.15, 0.2) is 6.33 Å². The van der Waals surface area contributed by atoms with Crippen LogP contribution in [-0.4, -0.2) is 27.1 Å². The van der Waals surface area contributed by atoms with Crippen molar-refractivity contribution in [3.05, 3.63) is 17.8 Å². The van der Waals surface area contributed by atoms with Gasteiger partial charge in [-0.25, -0.2) is 14.4 Å². The molecule has 0 aliphatic carbocycles. The molecule has 0 radical (unpaired) electrons. The lowest BCUT2D eigenvalue weighted by Gasteiger charge is -2.30. The van der Waals surface area contributed by atoms with Crippen LogP contribution in [0.1, 0.15) is 32.9 Å². The standard InChI is InChI=1S/C12H18FN3O2/c1-7-10(13)11(15-6-14-7)16-8(5-9(17)18)12(2,3)4/h6,8H,5H2,1-4H3,(H,17,18)(H,14,15,16). The smallest absolute Gasteiger partial charge is 0.305 e. The molecule has 0 spiro atoms. The minimum Gasteiger partial charge on any atom is -0.481 e. The van der Waals surface area contributed by atoms with E-state index in [1.807, 2.05) is 20.8 Å². The molecule has 1 heterocycles. The summed E-state index contributed by atoms with van der Waals surface area (Å²) in [5, 5.41) is 11.7. The molecule has 6 heteroatoms. The summed E-state index contributed by atoms with van der Waals surface area (Å²) in [6, 6.07) is -0.418. The number of aliphatic carboxylic acids is 1. The lowest BCUT2D eigenvalue weighted by Crippen LogP contribution is -2.36. The Labute approximate surface area is 105 Å². The van der Waals surface area contributed by atoms with E-state index in [0.29, 0.717) is 0 Å². The molecule has 100 valence electrons.